The third kappa shape index (κ3) is 3.97. The number of nitrogens with two attached hydrogens (primary N) is 1. The maximum atomic E-state index is 14.9. The van der Waals surface area contributed by atoms with Gasteiger partial charge in [0.2, 0.25) is 0 Å². The second-order valence-corrected chi connectivity index (χ2v) is 8.94. The van der Waals surface area contributed by atoms with Gasteiger partial charge in [-0.15, -0.1) is 0 Å². The topological polar surface area (TPSA) is 70.8 Å². The highest BCUT2D eigenvalue weighted by atomic mass is 19.1. The van der Waals surface area contributed by atoms with E-state index < -0.39 is 11.6 Å². The van der Waals surface area contributed by atoms with E-state index in [2.05, 4.69) is 33.9 Å². The van der Waals surface area contributed by atoms with Gasteiger partial charge in [0.25, 0.3) is 0 Å². The van der Waals surface area contributed by atoms with Crippen LogP contribution in [0.1, 0.15) is 24.0 Å². The van der Waals surface area contributed by atoms with Crippen molar-refractivity contribution in [3.05, 3.63) is 65.5 Å². The van der Waals surface area contributed by atoms with Gasteiger partial charge in [-0.05, 0) is 74.5 Å². The number of aromatic nitrogens is 3. The number of benzene rings is 2. The number of hydrogen-bond donors (Lipinski definition) is 2. The molecule has 0 amide bonds. The van der Waals surface area contributed by atoms with Crippen LogP contribution in [0.2, 0.25) is 0 Å². The molecule has 0 unspecified atom stereocenters. The minimum atomic E-state index is -0.487. The molecule has 3 heterocycles. The van der Waals surface area contributed by atoms with Crippen molar-refractivity contribution >= 4 is 16.7 Å². The molecule has 0 aliphatic carbocycles. The summed E-state index contributed by atoms with van der Waals surface area (Å²) < 4.78 is 29.0. The Balaban J connectivity index is 1.71. The first-order valence-corrected chi connectivity index (χ1v) is 11.3. The highest BCUT2D eigenvalue weighted by Crippen LogP contribution is 2.41. The summed E-state index contributed by atoms with van der Waals surface area (Å²) in [6.07, 6.45) is 5.26. The van der Waals surface area contributed by atoms with E-state index in [9.17, 15) is 8.78 Å². The van der Waals surface area contributed by atoms with Gasteiger partial charge in [-0.25, -0.2) is 13.8 Å². The van der Waals surface area contributed by atoms with Crippen LogP contribution in [0.15, 0.2) is 42.7 Å². The molecule has 170 valence electrons. The maximum Gasteiger partial charge on any atom is 0.142 e. The third-order valence-corrected chi connectivity index (χ3v) is 6.58. The van der Waals surface area contributed by atoms with Crippen molar-refractivity contribution in [1.29, 1.82) is 0 Å². The molecule has 7 heteroatoms. The molecule has 5 nitrogen and oxygen atoms in total. The number of aromatic amines is 1. The lowest BCUT2D eigenvalue weighted by Gasteiger charge is -2.35. The van der Waals surface area contributed by atoms with Crippen LogP contribution in [0.3, 0.4) is 0 Å². The van der Waals surface area contributed by atoms with Crippen molar-refractivity contribution in [2.24, 2.45) is 11.7 Å². The molecule has 4 aromatic rings. The molecule has 2 aromatic heterocycles. The van der Waals surface area contributed by atoms with E-state index in [1.54, 1.807) is 12.4 Å². The summed E-state index contributed by atoms with van der Waals surface area (Å²) in [4.78, 5) is 14.9. The number of imidazole rings is 1. The van der Waals surface area contributed by atoms with Crippen LogP contribution in [-0.2, 0) is 0 Å². The second kappa shape index (κ2) is 8.56. The summed E-state index contributed by atoms with van der Waals surface area (Å²) in [7, 11) is 0. The number of fused-ring (bicyclic) bond motifs is 1. The fourth-order valence-electron chi connectivity index (χ4n) is 4.86. The molecule has 0 radical (unpaired) electrons. The second-order valence-electron chi connectivity index (χ2n) is 8.94. The van der Waals surface area contributed by atoms with Gasteiger partial charge in [0.1, 0.15) is 17.5 Å². The van der Waals surface area contributed by atoms with E-state index in [-0.39, 0.29) is 5.56 Å². The molecule has 1 saturated heterocycles. The molecule has 0 bridgehead atoms. The number of aryl methyl sites for hydroxylation is 2. The van der Waals surface area contributed by atoms with E-state index in [1.807, 2.05) is 6.92 Å². The quantitative estimate of drug-likeness (QED) is 0.442. The molecule has 5 rings (SSSR count). The van der Waals surface area contributed by atoms with Gasteiger partial charge >= 0.3 is 0 Å². The molecular formula is C26H27F2N5. The van der Waals surface area contributed by atoms with Crippen LogP contribution in [0.4, 0.5) is 14.5 Å². The van der Waals surface area contributed by atoms with Gasteiger partial charge in [0, 0.05) is 36.6 Å². The summed E-state index contributed by atoms with van der Waals surface area (Å²) in [5, 5.41) is 0. The zero-order valence-electron chi connectivity index (χ0n) is 18.8. The Hall–Kier alpha value is -3.32. The van der Waals surface area contributed by atoms with Crippen molar-refractivity contribution in [1.82, 2.24) is 15.0 Å². The average molecular weight is 448 g/mol. The molecular weight excluding hydrogens is 420 g/mol. The van der Waals surface area contributed by atoms with Crippen LogP contribution in [0, 0.1) is 31.4 Å². The summed E-state index contributed by atoms with van der Waals surface area (Å²) in [5.74, 6) is 0.169. The molecule has 0 saturated carbocycles. The Morgan fingerprint density at radius 2 is 1.79 bits per heavy atom. The lowest BCUT2D eigenvalue weighted by atomic mass is 9.94. The van der Waals surface area contributed by atoms with Crippen LogP contribution in [0.25, 0.3) is 33.5 Å². The predicted molar refractivity (Wildman–Crippen MR) is 128 cm³/mol. The predicted octanol–water partition coefficient (Wildman–Crippen LogP) is 5.36. The first-order valence-electron chi connectivity index (χ1n) is 11.3. The smallest absolute Gasteiger partial charge is 0.142 e. The monoisotopic (exact) mass is 447 g/mol. The van der Waals surface area contributed by atoms with Crippen LogP contribution in [-0.4, -0.2) is 34.6 Å². The largest absolute Gasteiger partial charge is 0.370 e. The van der Waals surface area contributed by atoms with Gasteiger partial charge in [-0.3, -0.25) is 4.98 Å². The highest BCUT2D eigenvalue weighted by Gasteiger charge is 2.26. The van der Waals surface area contributed by atoms with Crippen LogP contribution >= 0.6 is 0 Å². The molecule has 1 fully saturated rings. The third-order valence-electron chi connectivity index (χ3n) is 6.58. The Morgan fingerprint density at radius 3 is 2.55 bits per heavy atom. The summed E-state index contributed by atoms with van der Waals surface area (Å²) in [5.41, 5.74) is 12.3. The first kappa shape index (κ1) is 21.5. The summed E-state index contributed by atoms with van der Waals surface area (Å²) in [6, 6.07) is 7.69. The standard InChI is InChI=1S/C26H27F2N5/c1-15-9-16(2)24-23(10-15)31-26(32-24)21-14-30-13-20(19-11-18(27)3-4-22(19)28)25(21)33-7-5-17(12-29)6-8-33/h3-4,9-11,13-14,17H,5-8,12,29H2,1-2H3,(H,31,32). The van der Waals surface area contributed by atoms with Crippen LogP contribution in [0.5, 0.6) is 0 Å². The first-order chi connectivity index (χ1) is 15.9. The van der Waals surface area contributed by atoms with Gasteiger partial charge in [-0.2, -0.15) is 0 Å². The maximum absolute atomic E-state index is 14.9. The molecule has 2 aromatic carbocycles. The number of anilines is 1. The van der Waals surface area contributed by atoms with Gasteiger partial charge in [0.15, 0.2) is 0 Å². The molecule has 1 aliphatic rings. The Bertz CT molecular complexity index is 1320. The zero-order valence-corrected chi connectivity index (χ0v) is 18.8. The molecule has 3 N–H and O–H groups in total. The molecule has 1 aliphatic heterocycles. The van der Waals surface area contributed by atoms with Gasteiger partial charge in [-0.1, -0.05) is 6.07 Å². The summed E-state index contributed by atoms with van der Waals surface area (Å²) >= 11 is 0. The van der Waals surface area contributed by atoms with Crippen LogP contribution < -0.4 is 10.6 Å². The van der Waals surface area contributed by atoms with Crippen molar-refractivity contribution in [2.75, 3.05) is 24.5 Å². The van der Waals surface area contributed by atoms with E-state index in [4.69, 9.17) is 10.7 Å². The normalized spacial score (nSPS) is 14.9. The van der Waals surface area contributed by atoms with Gasteiger partial charge < -0.3 is 15.6 Å². The number of pyridine rings is 1. The molecule has 0 spiro atoms. The number of nitrogens with zero attached hydrogens (tertiary/aromatic N) is 3. The lowest BCUT2D eigenvalue weighted by Crippen LogP contribution is -2.36. The van der Waals surface area contributed by atoms with Crippen molar-refractivity contribution in [3.8, 4) is 22.5 Å². The van der Waals surface area contributed by atoms with Crippen molar-refractivity contribution in [2.45, 2.75) is 26.7 Å². The number of piperidine rings is 1. The van der Waals surface area contributed by atoms with Crippen molar-refractivity contribution < 1.29 is 8.78 Å². The Morgan fingerprint density at radius 1 is 1.03 bits per heavy atom. The highest BCUT2D eigenvalue weighted by molar-refractivity contribution is 5.91. The Labute approximate surface area is 191 Å². The number of H-pyrrole nitrogens is 1. The number of rotatable bonds is 4. The molecule has 0 atom stereocenters. The minimum Gasteiger partial charge on any atom is -0.370 e. The van der Waals surface area contributed by atoms with E-state index in [1.165, 1.54) is 6.07 Å². The SMILES string of the molecule is Cc1cc(C)c2nc(-c3cncc(-c4cc(F)ccc4F)c3N3CCC(CN)CC3)[nH]c2c1. The number of nitrogens with one attached hydrogen (secondary N) is 1. The number of hydrogen-bond acceptors (Lipinski definition) is 4. The summed E-state index contributed by atoms with van der Waals surface area (Å²) in [6.45, 7) is 6.30. The fraction of sp³-hybridized carbons (Fsp3) is 0.308. The van der Waals surface area contributed by atoms with Crippen molar-refractivity contribution in [3.63, 3.8) is 0 Å². The molecule has 33 heavy (non-hydrogen) atoms. The van der Waals surface area contributed by atoms with E-state index in [0.717, 1.165) is 71.5 Å². The number of halogens is 2. The van der Waals surface area contributed by atoms with E-state index in [0.29, 0.717) is 23.9 Å². The zero-order chi connectivity index (χ0) is 23.1. The van der Waals surface area contributed by atoms with E-state index >= 15 is 0 Å². The van der Waals surface area contributed by atoms with Gasteiger partial charge in [0.05, 0.1) is 22.3 Å². The fourth-order valence-corrected chi connectivity index (χ4v) is 4.86. The Kier molecular flexibility index (Phi) is 5.58. The lowest BCUT2D eigenvalue weighted by molar-refractivity contribution is 0.415. The average Bonchev–Trinajstić information content (AvgIpc) is 3.24. The minimum absolute atomic E-state index is 0.198.